The van der Waals surface area contributed by atoms with Crippen molar-refractivity contribution in [2.24, 2.45) is 0 Å². The van der Waals surface area contributed by atoms with Crippen LogP contribution in [0, 0.1) is 0 Å². The zero-order valence-corrected chi connectivity index (χ0v) is 13.6. The number of nitrogens with zero attached hydrogens (tertiary/aromatic N) is 2. The molecule has 2 unspecified atom stereocenters. The van der Waals surface area contributed by atoms with Gasteiger partial charge in [0.25, 0.3) is 0 Å². The number of halogens is 1. The van der Waals surface area contributed by atoms with Crippen LogP contribution in [-0.2, 0) is 6.54 Å². The van der Waals surface area contributed by atoms with E-state index in [1.54, 1.807) is 0 Å². The number of hydrogen-bond donors (Lipinski definition) is 0. The van der Waals surface area contributed by atoms with Gasteiger partial charge in [-0.25, -0.2) is 4.98 Å². The van der Waals surface area contributed by atoms with Crippen LogP contribution in [0.3, 0.4) is 0 Å². The van der Waals surface area contributed by atoms with E-state index in [2.05, 4.69) is 52.1 Å². The number of benzene rings is 1. The van der Waals surface area contributed by atoms with E-state index >= 15 is 0 Å². The molecule has 4 heteroatoms. The quantitative estimate of drug-likeness (QED) is 0.769. The maximum atomic E-state index is 4.73. The molecule has 0 bridgehead atoms. The second-order valence-corrected chi connectivity index (χ2v) is 7.65. The van der Waals surface area contributed by atoms with Gasteiger partial charge in [0.1, 0.15) is 5.01 Å². The van der Waals surface area contributed by atoms with Gasteiger partial charge in [-0.05, 0) is 32.0 Å². The molecule has 2 nitrogen and oxygen atoms in total. The molecule has 2 aromatic rings. The Morgan fingerprint density at radius 2 is 2.11 bits per heavy atom. The SMILES string of the molecule is CN(Cc1nc2ccccc2s1)C1CCCCC1Br. The van der Waals surface area contributed by atoms with E-state index in [-0.39, 0.29) is 0 Å². The van der Waals surface area contributed by atoms with Gasteiger partial charge in [-0.2, -0.15) is 0 Å². The summed E-state index contributed by atoms with van der Waals surface area (Å²) in [4.78, 5) is 7.84. The first kappa shape index (κ1) is 13.5. The van der Waals surface area contributed by atoms with Crippen molar-refractivity contribution in [3.05, 3.63) is 29.3 Å². The summed E-state index contributed by atoms with van der Waals surface area (Å²) in [6, 6.07) is 9.06. The third kappa shape index (κ3) is 3.01. The van der Waals surface area contributed by atoms with Gasteiger partial charge in [0.05, 0.1) is 16.8 Å². The van der Waals surface area contributed by atoms with Crippen LogP contribution in [0.15, 0.2) is 24.3 Å². The van der Waals surface area contributed by atoms with E-state index in [9.17, 15) is 0 Å². The minimum atomic E-state index is 0.639. The lowest BCUT2D eigenvalue weighted by Gasteiger charge is -2.34. The molecule has 19 heavy (non-hydrogen) atoms. The van der Waals surface area contributed by atoms with Crippen LogP contribution in [0.5, 0.6) is 0 Å². The van der Waals surface area contributed by atoms with Gasteiger partial charge < -0.3 is 0 Å². The summed E-state index contributed by atoms with van der Waals surface area (Å²) in [6.45, 7) is 0.964. The van der Waals surface area contributed by atoms with Crippen LogP contribution in [0.1, 0.15) is 30.7 Å². The van der Waals surface area contributed by atoms with Crippen LogP contribution < -0.4 is 0 Å². The highest BCUT2D eigenvalue weighted by molar-refractivity contribution is 9.09. The van der Waals surface area contributed by atoms with E-state index < -0.39 is 0 Å². The Hall–Kier alpha value is -0.450. The molecule has 0 amide bonds. The molecule has 1 aliphatic carbocycles. The molecule has 102 valence electrons. The first-order chi connectivity index (χ1) is 9.24. The summed E-state index contributed by atoms with van der Waals surface area (Å²) in [5.74, 6) is 0. The smallest absolute Gasteiger partial charge is 0.108 e. The van der Waals surface area contributed by atoms with Crippen molar-refractivity contribution in [3.63, 3.8) is 0 Å². The monoisotopic (exact) mass is 338 g/mol. The number of thiazole rings is 1. The summed E-state index contributed by atoms with van der Waals surface area (Å²) < 4.78 is 1.30. The van der Waals surface area contributed by atoms with E-state index in [4.69, 9.17) is 4.98 Å². The Morgan fingerprint density at radius 3 is 2.89 bits per heavy atom. The number of rotatable bonds is 3. The van der Waals surface area contributed by atoms with E-state index in [0.29, 0.717) is 10.9 Å². The topological polar surface area (TPSA) is 16.1 Å². The number of fused-ring (bicyclic) bond motifs is 1. The second-order valence-electron chi connectivity index (χ2n) is 5.36. The third-order valence-electron chi connectivity index (χ3n) is 3.94. The number of aromatic nitrogens is 1. The Morgan fingerprint density at radius 1 is 1.32 bits per heavy atom. The lowest BCUT2D eigenvalue weighted by Crippen LogP contribution is -2.40. The van der Waals surface area contributed by atoms with Crippen LogP contribution >= 0.6 is 27.3 Å². The molecule has 0 aliphatic heterocycles. The molecule has 1 aliphatic rings. The zero-order valence-electron chi connectivity index (χ0n) is 11.2. The summed E-state index contributed by atoms with van der Waals surface area (Å²) in [7, 11) is 2.23. The van der Waals surface area contributed by atoms with Gasteiger partial charge in [0.2, 0.25) is 0 Å². The first-order valence-corrected chi connectivity index (χ1v) is 8.66. The van der Waals surface area contributed by atoms with Crippen LogP contribution in [-0.4, -0.2) is 27.8 Å². The summed E-state index contributed by atoms with van der Waals surface area (Å²) in [6.07, 6.45) is 5.32. The molecule has 0 saturated heterocycles. The lowest BCUT2D eigenvalue weighted by atomic mass is 9.94. The van der Waals surface area contributed by atoms with E-state index in [1.165, 1.54) is 35.4 Å². The highest BCUT2D eigenvalue weighted by Crippen LogP contribution is 2.30. The van der Waals surface area contributed by atoms with Crippen LogP contribution in [0.4, 0.5) is 0 Å². The third-order valence-corrected chi connectivity index (χ3v) is 6.03. The van der Waals surface area contributed by atoms with Gasteiger partial charge in [-0.3, -0.25) is 4.90 Å². The molecule has 0 N–H and O–H groups in total. The maximum absolute atomic E-state index is 4.73. The first-order valence-electron chi connectivity index (χ1n) is 6.93. The van der Waals surface area contributed by atoms with Crippen LogP contribution in [0.25, 0.3) is 10.2 Å². The average Bonchev–Trinajstić information content (AvgIpc) is 2.81. The minimum absolute atomic E-state index is 0.639. The fourth-order valence-electron chi connectivity index (χ4n) is 2.88. The largest absolute Gasteiger partial charge is 0.296 e. The Labute approximate surface area is 127 Å². The average molecular weight is 339 g/mol. The van der Waals surface area contributed by atoms with Gasteiger partial charge in [-0.15, -0.1) is 11.3 Å². The normalized spacial score (nSPS) is 24.2. The number of para-hydroxylation sites is 1. The summed E-state index contributed by atoms with van der Waals surface area (Å²) >= 11 is 5.67. The molecule has 2 atom stereocenters. The Kier molecular flexibility index (Phi) is 4.20. The number of alkyl halides is 1. The van der Waals surface area contributed by atoms with E-state index in [0.717, 1.165) is 12.1 Å². The molecule has 0 radical (unpaired) electrons. The summed E-state index contributed by atoms with van der Waals surface area (Å²) in [5, 5.41) is 1.23. The molecular formula is C15H19BrN2S. The zero-order chi connectivity index (χ0) is 13.2. The number of hydrogen-bond acceptors (Lipinski definition) is 3. The van der Waals surface area contributed by atoms with Gasteiger partial charge >= 0.3 is 0 Å². The second kappa shape index (κ2) is 5.90. The van der Waals surface area contributed by atoms with Crippen molar-refractivity contribution in [2.75, 3.05) is 7.05 Å². The molecular weight excluding hydrogens is 320 g/mol. The molecule has 1 aromatic carbocycles. The van der Waals surface area contributed by atoms with Crippen LogP contribution in [0.2, 0.25) is 0 Å². The van der Waals surface area contributed by atoms with Gasteiger partial charge in [0, 0.05) is 10.9 Å². The predicted octanol–water partition coefficient (Wildman–Crippen LogP) is 4.43. The maximum Gasteiger partial charge on any atom is 0.108 e. The van der Waals surface area contributed by atoms with Crippen molar-refractivity contribution >= 4 is 37.5 Å². The highest BCUT2D eigenvalue weighted by Gasteiger charge is 2.26. The fourth-order valence-corrected chi connectivity index (χ4v) is 4.90. The van der Waals surface area contributed by atoms with E-state index in [1.807, 2.05) is 11.3 Å². The fraction of sp³-hybridized carbons (Fsp3) is 0.533. The minimum Gasteiger partial charge on any atom is -0.296 e. The predicted molar refractivity (Wildman–Crippen MR) is 86.1 cm³/mol. The Bertz CT molecular complexity index is 521. The molecule has 1 aromatic heterocycles. The highest BCUT2D eigenvalue weighted by atomic mass is 79.9. The van der Waals surface area contributed by atoms with Gasteiger partial charge in [0.15, 0.2) is 0 Å². The molecule has 0 spiro atoms. The van der Waals surface area contributed by atoms with Crippen molar-refractivity contribution < 1.29 is 0 Å². The van der Waals surface area contributed by atoms with Crippen molar-refractivity contribution in [1.29, 1.82) is 0 Å². The molecule has 1 heterocycles. The van der Waals surface area contributed by atoms with Gasteiger partial charge in [-0.1, -0.05) is 40.9 Å². The summed E-state index contributed by atoms with van der Waals surface area (Å²) in [5.41, 5.74) is 1.13. The molecule has 1 fully saturated rings. The van der Waals surface area contributed by atoms with Crippen molar-refractivity contribution in [2.45, 2.75) is 43.1 Å². The van der Waals surface area contributed by atoms with Crippen molar-refractivity contribution in [3.8, 4) is 0 Å². The van der Waals surface area contributed by atoms with Crippen molar-refractivity contribution in [1.82, 2.24) is 9.88 Å². The molecule has 3 rings (SSSR count). The Balaban J connectivity index is 1.73. The standard InChI is InChI=1S/C15H19BrN2S/c1-18(13-8-4-2-6-11(13)16)10-15-17-12-7-3-5-9-14(12)19-15/h3,5,7,9,11,13H,2,4,6,8,10H2,1H3. The lowest BCUT2D eigenvalue weighted by molar-refractivity contribution is 0.193. The molecule has 1 saturated carbocycles.